The average molecular weight is 260 g/mol. The first-order valence-electron chi connectivity index (χ1n) is 7.00. The summed E-state index contributed by atoms with van der Waals surface area (Å²) in [6.07, 6.45) is 2.41. The Bertz CT molecular complexity index is 484. The third kappa shape index (κ3) is 2.66. The summed E-state index contributed by atoms with van der Waals surface area (Å²) in [5.74, 6) is 0.237. The molecule has 0 bridgehead atoms. The fourth-order valence-electron chi connectivity index (χ4n) is 3.06. The summed E-state index contributed by atoms with van der Waals surface area (Å²) in [6.45, 7) is 5.66. The molecule has 2 N–H and O–H groups in total. The van der Waals surface area contributed by atoms with Crippen LogP contribution in [0.2, 0.25) is 0 Å². The molecule has 1 fully saturated rings. The van der Waals surface area contributed by atoms with Gasteiger partial charge in [-0.3, -0.25) is 4.79 Å². The molecule has 1 heterocycles. The first kappa shape index (κ1) is 14.1. The van der Waals surface area contributed by atoms with Crippen molar-refractivity contribution < 1.29 is 4.79 Å². The summed E-state index contributed by atoms with van der Waals surface area (Å²) in [7, 11) is 1.89. The zero-order valence-electron chi connectivity index (χ0n) is 12.2. The molecule has 1 aromatic carbocycles. The summed E-state index contributed by atoms with van der Waals surface area (Å²) in [5, 5.41) is 0. The molecule has 0 aliphatic carbocycles. The van der Waals surface area contributed by atoms with Crippen molar-refractivity contribution in [2.24, 2.45) is 5.73 Å². The molecule has 3 heteroatoms. The number of hydrogen-bond donors (Lipinski definition) is 1. The first-order valence-corrected chi connectivity index (χ1v) is 7.00. The Labute approximate surface area is 115 Å². The number of hydrogen-bond acceptors (Lipinski definition) is 2. The minimum atomic E-state index is -0.0451. The van der Waals surface area contributed by atoms with Gasteiger partial charge in [0.1, 0.15) is 0 Å². The third-order valence-electron chi connectivity index (χ3n) is 4.52. The van der Waals surface area contributed by atoms with Gasteiger partial charge in [-0.15, -0.1) is 0 Å². The van der Waals surface area contributed by atoms with Crippen LogP contribution >= 0.6 is 0 Å². The van der Waals surface area contributed by atoms with Gasteiger partial charge in [-0.25, -0.2) is 0 Å². The van der Waals surface area contributed by atoms with Crippen LogP contribution in [0.1, 0.15) is 36.0 Å². The van der Waals surface area contributed by atoms with Gasteiger partial charge in [0.15, 0.2) is 0 Å². The Hall–Kier alpha value is -1.35. The lowest BCUT2D eigenvalue weighted by Crippen LogP contribution is -2.37. The van der Waals surface area contributed by atoms with E-state index in [9.17, 15) is 4.79 Å². The van der Waals surface area contributed by atoms with Gasteiger partial charge in [-0.2, -0.15) is 0 Å². The Morgan fingerprint density at radius 1 is 1.32 bits per heavy atom. The number of benzene rings is 1. The number of nitrogens with zero attached hydrogens (tertiary/aromatic N) is 1. The van der Waals surface area contributed by atoms with E-state index in [0.717, 1.165) is 19.4 Å². The molecule has 3 nitrogen and oxygen atoms in total. The van der Waals surface area contributed by atoms with Gasteiger partial charge in [0.05, 0.1) is 0 Å². The summed E-state index contributed by atoms with van der Waals surface area (Å²) < 4.78 is 0. The highest BCUT2D eigenvalue weighted by Gasteiger charge is 2.35. The molecule has 1 amide bonds. The van der Waals surface area contributed by atoms with Crippen LogP contribution in [0.5, 0.6) is 0 Å². The number of amides is 1. The monoisotopic (exact) mass is 260 g/mol. The summed E-state index contributed by atoms with van der Waals surface area (Å²) >= 11 is 0. The van der Waals surface area contributed by atoms with Gasteiger partial charge in [0.2, 0.25) is 5.91 Å². The summed E-state index contributed by atoms with van der Waals surface area (Å²) in [4.78, 5) is 13.7. The normalized spacial score (nSPS) is 24.4. The van der Waals surface area contributed by atoms with Crippen molar-refractivity contribution >= 4 is 5.91 Å². The Balaban J connectivity index is 2.42. The molecule has 2 rings (SSSR count). The van der Waals surface area contributed by atoms with E-state index in [-0.39, 0.29) is 11.3 Å². The maximum atomic E-state index is 11.9. The summed E-state index contributed by atoms with van der Waals surface area (Å²) in [5.41, 5.74) is 9.95. The molecule has 0 spiro atoms. The molecule has 1 aromatic rings. The largest absolute Gasteiger partial charge is 0.346 e. The lowest BCUT2D eigenvalue weighted by molar-refractivity contribution is -0.129. The minimum Gasteiger partial charge on any atom is -0.346 e. The molecule has 0 saturated carbocycles. The highest BCUT2D eigenvalue weighted by atomic mass is 16.2. The fourth-order valence-corrected chi connectivity index (χ4v) is 3.06. The number of aryl methyl sites for hydroxylation is 2. The highest BCUT2D eigenvalue weighted by Crippen LogP contribution is 2.36. The van der Waals surface area contributed by atoms with Gasteiger partial charge >= 0.3 is 0 Å². The van der Waals surface area contributed by atoms with Gasteiger partial charge in [0.25, 0.3) is 0 Å². The van der Waals surface area contributed by atoms with Crippen LogP contribution < -0.4 is 5.73 Å². The summed E-state index contributed by atoms with van der Waals surface area (Å²) in [6, 6.07) is 6.55. The molecule has 0 aromatic heterocycles. The van der Waals surface area contributed by atoms with Gasteiger partial charge in [-0.1, -0.05) is 23.8 Å². The average Bonchev–Trinajstić information content (AvgIpc) is 2.55. The van der Waals surface area contributed by atoms with Crippen LogP contribution in [0.3, 0.4) is 0 Å². The maximum absolute atomic E-state index is 11.9. The predicted octanol–water partition coefficient (Wildman–Crippen LogP) is 2.14. The predicted molar refractivity (Wildman–Crippen MR) is 78.1 cm³/mol. The number of rotatable bonds is 2. The lowest BCUT2D eigenvalue weighted by atomic mass is 9.72. The second kappa shape index (κ2) is 5.33. The molecule has 1 aliphatic rings. The van der Waals surface area contributed by atoms with E-state index < -0.39 is 0 Å². The van der Waals surface area contributed by atoms with Crippen molar-refractivity contribution in [1.82, 2.24) is 4.90 Å². The molecule has 19 heavy (non-hydrogen) atoms. The van der Waals surface area contributed by atoms with E-state index >= 15 is 0 Å². The van der Waals surface area contributed by atoms with Crippen LogP contribution in [-0.2, 0) is 10.2 Å². The quantitative estimate of drug-likeness (QED) is 0.885. The van der Waals surface area contributed by atoms with Crippen molar-refractivity contribution in [3.05, 3.63) is 34.9 Å². The smallest absolute Gasteiger partial charge is 0.222 e. The Kier molecular flexibility index (Phi) is 3.95. The van der Waals surface area contributed by atoms with Crippen LogP contribution in [0.15, 0.2) is 18.2 Å². The van der Waals surface area contributed by atoms with E-state index in [2.05, 4.69) is 32.0 Å². The topological polar surface area (TPSA) is 46.3 Å². The van der Waals surface area contributed by atoms with E-state index in [0.29, 0.717) is 13.0 Å². The zero-order chi connectivity index (χ0) is 14.0. The Morgan fingerprint density at radius 3 is 2.74 bits per heavy atom. The molecular weight excluding hydrogens is 236 g/mol. The number of carbonyl (C=O) groups excluding carboxylic acids is 1. The van der Waals surface area contributed by atoms with Gasteiger partial charge < -0.3 is 10.6 Å². The zero-order valence-corrected chi connectivity index (χ0v) is 12.2. The van der Waals surface area contributed by atoms with Gasteiger partial charge in [-0.05, 0) is 37.8 Å². The molecule has 104 valence electrons. The van der Waals surface area contributed by atoms with Crippen molar-refractivity contribution in [2.45, 2.75) is 38.5 Å². The third-order valence-corrected chi connectivity index (χ3v) is 4.52. The standard InChI is InChI=1S/C16H24N2O/c1-12-4-5-13(2)14(10-12)16(11-17)7-6-15(19)18(3)9-8-16/h4-5,10H,6-9,11,17H2,1-3H3. The van der Waals surface area contributed by atoms with Crippen molar-refractivity contribution in [2.75, 3.05) is 20.1 Å². The van der Waals surface area contributed by atoms with Crippen molar-refractivity contribution in [3.63, 3.8) is 0 Å². The van der Waals surface area contributed by atoms with Gasteiger partial charge in [0, 0.05) is 32.0 Å². The van der Waals surface area contributed by atoms with Crippen molar-refractivity contribution in [1.29, 1.82) is 0 Å². The van der Waals surface area contributed by atoms with Crippen LogP contribution in [-0.4, -0.2) is 30.9 Å². The molecule has 1 aliphatic heterocycles. The fraction of sp³-hybridized carbons (Fsp3) is 0.562. The van der Waals surface area contributed by atoms with Crippen LogP contribution in [0, 0.1) is 13.8 Å². The SMILES string of the molecule is Cc1ccc(C)c(C2(CN)CCC(=O)N(C)CC2)c1. The second-order valence-electron chi connectivity index (χ2n) is 5.87. The van der Waals surface area contributed by atoms with E-state index in [1.54, 1.807) is 0 Å². The number of carbonyl (C=O) groups is 1. The number of likely N-dealkylation sites (tertiary alicyclic amines) is 1. The number of nitrogens with two attached hydrogens (primary N) is 1. The molecule has 1 atom stereocenters. The van der Waals surface area contributed by atoms with Crippen LogP contribution in [0.4, 0.5) is 0 Å². The molecule has 1 saturated heterocycles. The molecule has 0 radical (unpaired) electrons. The van der Waals surface area contributed by atoms with E-state index in [1.165, 1.54) is 16.7 Å². The van der Waals surface area contributed by atoms with Crippen LogP contribution in [0.25, 0.3) is 0 Å². The lowest BCUT2D eigenvalue weighted by Gasteiger charge is -2.33. The van der Waals surface area contributed by atoms with E-state index in [1.807, 2.05) is 11.9 Å². The Morgan fingerprint density at radius 2 is 2.05 bits per heavy atom. The molecule has 1 unspecified atom stereocenters. The second-order valence-corrected chi connectivity index (χ2v) is 5.87. The minimum absolute atomic E-state index is 0.0451. The molecular formula is C16H24N2O. The highest BCUT2D eigenvalue weighted by molar-refractivity contribution is 5.76. The van der Waals surface area contributed by atoms with Crippen molar-refractivity contribution in [3.8, 4) is 0 Å². The maximum Gasteiger partial charge on any atom is 0.222 e. The first-order chi connectivity index (χ1) is 8.98. The van der Waals surface area contributed by atoms with E-state index in [4.69, 9.17) is 5.73 Å².